The molecule has 0 radical (unpaired) electrons. The number of benzene rings is 1. The lowest BCUT2D eigenvalue weighted by Crippen LogP contribution is -2.17. The molecule has 0 unspecified atom stereocenters. The van der Waals surface area contributed by atoms with E-state index in [1.54, 1.807) is 18.6 Å². The Morgan fingerprint density at radius 2 is 2.04 bits per heavy atom. The molecule has 130 valence electrons. The lowest BCUT2D eigenvalue weighted by molar-refractivity contribution is 0.100. The zero-order chi connectivity index (χ0) is 17.9. The van der Waals surface area contributed by atoms with Gasteiger partial charge in [-0.05, 0) is 30.0 Å². The highest BCUT2D eigenvalue weighted by Crippen LogP contribution is 2.34. The van der Waals surface area contributed by atoms with Gasteiger partial charge in [0.1, 0.15) is 0 Å². The van der Waals surface area contributed by atoms with Crippen LogP contribution < -0.4 is 11.1 Å². The second kappa shape index (κ2) is 6.92. The van der Waals surface area contributed by atoms with E-state index in [1.165, 1.54) is 17.3 Å². The molecule has 1 aliphatic carbocycles. The molecule has 0 fully saturated rings. The van der Waals surface area contributed by atoms with Crippen molar-refractivity contribution in [3.63, 3.8) is 0 Å². The van der Waals surface area contributed by atoms with Gasteiger partial charge in [-0.3, -0.25) is 19.7 Å². The van der Waals surface area contributed by atoms with E-state index in [-0.39, 0.29) is 6.04 Å². The van der Waals surface area contributed by atoms with Gasteiger partial charge in [0, 0.05) is 36.9 Å². The highest BCUT2D eigenvalue weighted by atomic mass is 16.1. The molecular formula is C20H19N5O. The Morgan fingerprint density at radius 3 is 2.85 bits per heavy atom. The highest BCUT2D eigenvalue weighted by Gasteiger charge is 2.23. The average molecular weight is 345 g/mol. The first-order chi connectivity index (χ1) is 12.7. The molecular weight excluding hydrogens is 326 g/mol. The fraction of sp³-hybridized carbons (Fsp3) is 0.200. The largest absolute Gasteiger partial charge is 0.377 e. The Balaban J connectivity index is 1.63. The third-order valence-electron chi connectivity index (χ3n) is 4.67. The SMILES string of the molecule is NC(=O)c1cnc(Cc2cnccn2)cc1N[C@H]1CCc2ccccc21. The van der Waals surface area contributed by atoms with Gasteiger partial charge in [-0.25, -0.2) is 0 Å². The first-order valence-electron chi connectivity index (χ1n) is 8.58. The number of aryl methyl sites for hydroxylation is 1. The molecule has 3 N–H and O–H groups in total. The number of nitrogens with one attached hydrogen (secondary N) is 1. The number of pyridine rings is 1. The molecule has 0 saturated carbocycles. The van der Waals surface area contributed by atoms with Crippen LogP contribution in [0, 0.1) is 0 Å². The van der Waals surface area contributed by atoms with Gasteiger partial charge in [0.05, 0.1) is 23.0 Å². The van der Waals surface area contributed by atoms with Crippen LogP contribution in [0.5, 0.6) is 0 Å². The number of amides is 1. The van der Waals surface area contributed by atoms with Crippen molar-refractivity contribution < 1.29 is 4.79 Å². The molecule has 0 bridgehead atoms. The summed E-state index contributed by atoms with van der Waals surface area (Å²) < 4.78 is 0. The average Bonchev–Trinajstić information content (AvgIpc) is 3.06. The van der Waals surface area contributed by atoms with Gasteiger partial charge in [-0.2, -0.15) is 0 Å². The Bertz CT molecular complexity index is 942. The minimum atomic E-state index is -0.489. The van der Waals surface area contributed by atoms with Crippen LogP contribution in [0.3, 0.4) is 0 Å². The van der Waals surface area contributed by atoms with Crippen molar-refractivity contribution in [3.05, 3.63) is 83.2 Å². The van der Waals surface area contributed by atoms with Crippen LogP contribution in [0.2, 0.25) is 0 Å². The molecule has 0 spiro atoms. The standard InChI is InChI=1S/C20H19N5O/c21-20(26)17-12-24-14(9-15-11-22-7-8-23-15)10-19(17)25-18-6-5-13-3-1-2-4-16(13)18/h1-4,7-8,10-12,18H,5-6,9H2,(H2,21,26)(H,24,25)/t18-/m0/s1. The van der Waals surface area contributed by atoms with Crippen molar-refractivity contribution in [2.24, 2.45) is 5.73 Å². The normalized spacial score (nSPS) is 15.5. The van der Waals surface area contributed by atoms with Gasteiger partial charge in [0.25, 0.3) is 5.91 Å². The lowest BCUT2D eigenvalue weighted by Gasteiger charge is -2.18. The summed E-state index contributed by atoms with van der Waals surface area (Å²) in [6.07, 6.45) is 9.10. The predicted molar refractivity (Wildman–Crippen MR) is 98.7 cm³/mol. The van der Waals surface area contributed by atoms with E-state index in [0.717, 1.165) is 24.2 Å². The Kier molecular flexibility index (Phi) is 4.31. The van der Waals surface area contributed by atoms with Gasteiger partial charge in [0.15, 0.2) is 0 Å². The molecule has 6 heteroatoms. The molecule has 26 heavy (non-hydrogen) atoms. The van der Waals surface area contributed by atoms with Crippen molar-refractivity contribution in [3.8, 4) is 0 Å². The van der Waals surface area contributed by atoms with Crippen LogP contribution in [0.15, 0.2) is 55.1 Å². The second-order valence-electron chi connectivity index (χ2n) is 6.39. The number of rotatable bonds is 5. The minimum Gasteiger partial charge on any atom is -0.377 e. The molecule has 4 rings (SSSR count). The number of hydrogen-bond acceptors (Lipinski definition) is 5. The minimum absolute atomic E-state index is 0.163. The van der Waals surface area contributed by atoms with E-state index in [2.05, 4.69) is 38.5 Å². The maximum Gasteiger partial charge on any atom is 0.252 e. The van der Waals surface area contributed by atoms with Crippen LogP contribution in [0.1, 0.15) is 45.3 Å². The van der Waals surface area contributed by atoms with E-state index in [1.807, 2.05) is 12.1 Å². The summed E-state index contributed by atoms with van der Waals surface area (Å²) in [5, 5.41) is 3.50. The van der Waals surface area contributed by atoms with Crippen molar-refractivity contribution in [1.82, 2.24) is 15.0 Å². The molecule has 0 saturated heterocycles. The maximum absolute atomic E-state index is 11.8. The lowest BCUT2D eigenvalue weighted by atomic mass is 10.1. The number of nitrogens with zero attached hydrogens (tertiary/aromatic N) is 3. The van der Waals surface area contributed by atoms with E-state index in [9.17, 15) is 4.79 Å². The number of anilines is 1. The summed E-state index contributed by atoms with van der Waals surface area (Å²) >= 11 is 0. The number of hydrogen-bond donors (Lipinski definition) is 2. The number of carbonyl (C=O) groups excluding carboxylic acids is 1. The maximum atomic E-state index is 11.8. The van der Waals surface area contributed by atoms with Crippen LogP contribution in [-0.2, 0) is 12.8 Å². The zero-order valence-electron chi connectivity index (χ0n) is 14.2. The summed E-state index contributed by atoms with van der Waals surface area (Å²) in [6, 6.07) is 10.4. The first kappa shape index (κ1) is 16.2. The molecule has 2 heterocycles. The molecule has 1 atom stereocenters. The number of carbonyl (C=O) groups is 1. The Labute approximate surface area is 151 Å². The summed E-state index contributed by atoms with van der Waals surface area (Å²) in [7, 11) is 0. The number of primary amides is 1. The molecule has 0 aliphatic heterocycles. The first-order valence-corrected chi connectivity index (χ1v) is 8.58. The summed E-state index contributed by atoms with van der Waals surface area (Å²) in [4.78, 5) is 24.6. The van der Waals surface area contributed by atoms with Gasteiger partial charge in [-0.1, -0.05) is 24.3 Å². The van der Waals surface area contributed by atoms with Gasteiger partial charge < -0.3 is 11.1 Å². The van der Waals surface area contributed by atoms with Gasteiger partial charge >= 0.3 is 0 Å². The number of fused-ring (bicyclic) bond motifs is 1. The van der Waals surface area contributed by atoms with Crippen LogP contribution in [0.25, 0.3) is 0 Å². The molecule has 1 amide bonds. The zero-order valence-corrected chi connectivity index (χ0v) is 14.2. The Morgan fingerprint density at radius 1 is 1.15 bits per heavy atom. The topological polar surface area (TPSA) is 93.8 Å². The smallest absolute Gasteiger partial charge is 0.252 e. The van der Waals surface area contributed by atoms with Gasteiger partial charge in [-0.15, -0.1) is 0 Å². The quantitative estimate of drug-likeness (QED) is 0.741. The van der Waals surface area contributed by atoms with Gasteiger partial charge in [0.2, 0.25) is 0 Å². The van der Waals surface area contributed by atoms with Crippen LogP contribution in [0.4, 0.5) is 5.69 Å². The van der Waals surface area contributed by atoms with Crippen molar-refractivity contribution in [2.45, 2.75) is 25.3 Å². The second-order valence-corrected chi connectivity index (χ2v) is 6.39. The fourth-order valence-electron chi connectivity index (χ4n) is 3.41. The molecule has 2 aromatic heterocycles. The summed E-state index contributed by atoms with van der Waals surface area (Å²) in [5.41, 5.74) is 10.9. The van der Waals surface area contributed by atoms with Crippen molar-refractivity contribution in [1.29, 1.82) is 0 Å². The van der Waals surface area contributed by atoms with Crippen molar-refractivity contribution >= 4 is 11.6 Å². The van der Waals surface area contributed by atoms with Crippen LogP contribution in [-0.4, -0.2) is 20.9 Å². The van der Waals surface area contributed by atoms with Crippen LogP contribution >= 0.6 is 0 Å². The fourth-order valence-corrected chi connectivity index (χ4v) is 3.41. The highest BCUT2D eigenvalue weighted by molar-refractivity contribution is 5.98. The number of aromatic nitrogens is 3. The predicted octanol–water partition coefficient (Wildman–Crippen LogP) is 2.66. The third kappa shape index (κ3) is 3.26. The van der Waals surface area contributed by atoms with E-state index in [4.69, 9.17) is 5.73 Å². The molecule has 3 aromatic rings. The third-order valence-corrected chi connectivity index (χ3v) is 4.67. The van der Waals surface area contributed by atoms with E-state index >= 15 is 0 Å². The summed E-state index contributed by atoms with van der Waals surface area (Å²) in [6.45, 7) is 0. The Hall–Kier alpha value is -3.28. The molecule has 1 aliphatic rings. The molecule has 1 aromatic carbocycles. The van der Waals surface area contributed by atoms with Crippen molar-refractivity contribution in [2.75, 3.05) is 5.32 Å². The van der Waals surface area contributed by atoms with E-state index < -0.39 is 5.91 Å². The molecule has 6 nitrogen and oxygen atoms in total. The number of nitrogens with two attached hydrogens (primary N) is 1. The van der Waals surface area contributed by atoms with E-state index in [0.29, 0.717) is 17.7 Å². The summed E-state index contributed by atoms with van der Waals surface area (Å²) in [5.74, 6) is -0.489. The monoisotopic (exact) mass is 345 g/mol.